The van der Waals surface area contributed by atoms with Crippen molar-refractivity contribution in [3.8, 4) is 0 Å². The molecule has 124 valence electrons. The van der Waals surface area contributed by atoms with Crippen LogP contribution in [-0.2, 0) is 17.4 Å². The summed E-state index contributed by atoms with van der Waals surface area (Å²) in [4.78, 5) is 17.6. The molecule has 0 atom stereocenters. The second-order valence-corrected chi connectivity index (χ2v) is 6.99. The zero-order chi connectivity index (χ0) is 16.8. The van der Waals surface area contributed by atoms with E-state index in [2.05, 4.69) is 0 Å². The summed E-state index contributed by atoms with van der Waals surface area (Å²) in [5.74, 6) is 1.02. The molecule has 2 aromatic rings. The molecule has 23 heavy (non-hydrogen) atoms. The van der Waals surface area contributed by atoms with E-state index in [1.807, 2.05) is 19.1 Å². The lowest BCUT2D eigenvalue weighted by atomic mass is 9.93. The van der Waals surface area contributed by atoms with Crippen LogP contribution in [0.3, 0.4) is 0 Å². The highest BCUT2D eigenvalue weighted by Gasteiger charge is 2.25. The maximum atomic E-state index is 12.8. The van der Waals surface area contributed by atoms with Gasteiger partial charge in [-0.3, -0.25) is 9.36 Å². The van der Waals surface area contributed by atoms with Crippen LogP contribution in [-0.4, -0.2) is 27.9 Å². The number of rotatable bonds is 2. The first-order valence-corrected chi connectivity index (χ1v) is 8.11. The highest BCUT2D eigenvalue weighted by Crippen LogP contribution is 2.30. The number of benzene rings is 1. The summed E-state index contributed by atoms with van der Waals surface area (Å²) in [6.07, 6.45) is 1.74. The molecule has 1 fully saturated rings. The maximum absolute atomic E-state index is 12.8. The van der Waals surface area contributed by atoms with Gasteiger partial charge in [-0.15, -0.1) is 0 Å². The second kappa shape index (κ2) is 5.73. The summed E-state index contributed by atoms with van der Waals surface area (Å²) in [6.45, 7) is 6.79. The van der Waals surface area contributed by atoms with Crippen LogP contribution in [0, 0.1) is 6.92 Å². The van der Waals surface area contributed by atoms with E-state index in [1.54, 1.807) is 25.5 Å². The van der Waals surface area contributed by atoms with Crippen LogP contribution in [0.2, 0.25) is 0 Å². The van der Waals surface area contributed by atoms with Gasteiger partial charge in [0, 0.05) is 31.7 Å². The predicted molar refractivity (Wildman–Crippen MR) is 89.8 cm³/mol. The molecule has 1 aliphatic rings. The smallest absolute Gasteiger partial charge is 0.261 e. The molecule has 1 saturated heterocycles. The van der Waals surface area contributed by atoms with Crippen LogP contribution in [0.15, 0.2) is 16.9 Å². The van der Waals surface area contributed by atoms with Crippen molar-refractivity contribution in [3.63, 3.8) is 0 Å². The van der Waals surface area contributed by atoms with E-state index in [1.165, 1.54) is 0 Å². The SMILES string of the molecule is Cc1cc(C(C)(C)O)c2nc(C3CCOCC3)n(C)c(=O)c2c1. The average molecular weight is 316 g/mol. The molecule has 0 saturated carbocycles. The number of hydrogen-bond donors (Lipinski definition) is 1. The number of ether oxygens (including phenoxy) is 1. The van der Waals surface area contributed by atoms with Crippen LogP contribution >= 0.6 is 0 Å². The van der Waals surface area contributed by atoms with E-state index >= 15 is 0 Å². The zero-order valence-electron chi connectivity index (χ0n) is 14.2. The van der Waals surface area contributed by atoms with Gasteiger partial charge in [0.05, 0.1) is 16.5 Å². The summed E-state index contributed by atoms with van der Waals surface area (Å²) in [6, 6.07) is 3.77. The minimum atomic E-state index is -1.05. The Hall–Kier alpha value is -1.72. The van der Waals surface area contributed by atoms with Gasteiger partial charge in [-0.2, -0.15) is 0 Å². The minimum absolute atomic E-state index is 0.0503. The van der Waals surface area contributed by atoms with Crippen LogP contribution in [0.1, 0.15) is 49.6 Å². The van der Waals surface area contributed by atoms with Gasteiger partial charge in [-0.05, 0) is 45.2 Å². The predicted octanol–water partition coefficient (Wildman–Crippen LogP) is 2.36. The fourth-order valence-corrected chi connectivity index (χ4v) is 3.32. The Kier molecular flexibility index (Phi) is 4.02. The molecule has 3 rings (SSSR count). The highest BCUT2D eigenvalue weighted by molar-refractivity contribution is 5.82. The van der Waals surface area contributed by atoms with Crippen LogP contribution in [0.4, 0.5) is 0 Å². The molecule has 0 aliphatic carbocycles. The number of nitrogens with zero attached hydrogens (tertiary/aromatic N) is 2. The maximum Gasteiger partial charge on any atom is 0.261 e. The number of fused-ring (bicyclic) bond motifs is 1. The second-order valence-electron chi connectivity index (χ2n) is 6.99. The van der Waals surface area contributed by atoms with Crippen LogP contribution in [0.5, 0.6) is 0 Å². The van der Waals surface area contributed by atoms with E-state index in [4.69, 9.17) is 9.72 Å². The van der Waals surface area contributed by atoms with Gasteiger partial charge in [-0.1, -0.05) is 6.07 Å². The first-order chi connectivity index (χ1) is 10.8. The molecular weight excluding hydrogens is 292 g/mol. The van der Waals surface area contributed by atoms with E-state index in [-0.39, 0.29) is 11.5 Å². The van der Waals surface area contributed by atoms with Crippen molar-refractivity contribution in [2.75, 3.05) is 13.2 Å². The van der Waals surface area contributed by atoms with Crippen LogP contribution < -0.4 is 5.56 Å². The Morgan fingerprint density at radius 1 is 1.30 bits per heavy atom. The summed E-state index contributed by atoms with van der Waals surface area (Å²) in [5.41, 5.74) is 1.18. The average Bonchev–Trinajstić information content (AvgIpc) is 2.50. The van der Waals surface area contributed by atoms with Gasteiger partial charge in [0.15, 0.2) is 0 Å². The van der Waals surface area contributed by atoms with Crippen LogP contribution in [0.25, 0.3) is 10.9 Å². The fraction of sp³-hybridized carbons (Fsp3) is 0.556. The highest BCUT2D eigenvalue weighted by atomic mass is 16.5. The zero-order valence-corrected chi connectivity index (χ0v) is 14.2. The monoisotopic (exact) mass is 316 g/mol. The van der Waals surface area contributed by atoms with E-state index in [0.29, 0.717) is 29.7 Å². The van der Waals surface area contributed by atoms with Gasteiger partial charge in [0.1, 0.15) is 5.82 Å². The Morgan fingerprint density at radius 2 is 1.96 bits per heavy atom. The van der Waals surface area contributed by atoms with Gasteiger partial charge >= 0.3 is 0 Å². The number of aryl methyl sites for hydroxylation is 1. The van der Waals surface area contributed by atoms with Crippen molar-refractivity contribution in [1.29, 1.82) is 0 Å². The van der Waals surface area contributed by atoms with E-state index < -0.39 is 5.60 Å². The van der Waals surface area contributed by atoms with Gasteiger partial charge < -0.3 is 9.84 Å². The summed E-state index contributed by atoms with van der Waals surface area (Å²) < 4.78 is 7.08. The van der Waals surface area contributed by atoms with Gasteiger partial charge in [0.2, 0.25) is 0 Å². The van der Waals surface area contributed by atoms with Crippen molar-refractivity contribution < 1.29 is 9.84 Å². The van der Waals surface area contributed by atoms with Crippen molar-refractivity contribution in [2.24, 2.45) is 7.05 Å². The molecule has 5 heteroatoms. The molecule has 0 radical (unpaired) electrons. The van der Waals surface area contributed by atoms with Crippen molar-refractivity contribution in [3.05, 3.63) is 39.4 Å². The largest absolute Gasteiger partial charge is 0.386 e. The molecule has 0 bridgehead atoms. The Morgan fingerprint density at radius 3 is 2.57 bits per heavy atom. The van der Waals surface area contributed by atoms with E-state index in [9.17, 15) is 9.90 Å². The lowest BCUT2D eigenvalue weighted by molar-refractivity contribution is 0.0793. The number of aromatic nitrogens is 2. The molecule has 0 unspecified atom stereocenters. The topological polar surface area (TPSA) is 64.4 Å². The molecular formula is C18H24N2O3. The first kappa shape index (κ1) is 16.1. The molecule has 5 nitrogen and oxygen atoms in total. The number of hydrogen-bond acceptors (Lipinski definition) is 4. The third-order valence-electron chi connectivity index (χ3n) is 4.60. The van der Waals surface area contributed by atoms with Crippen molar-refractivity contribution >= 4 is 10.9 Å². The Balaban J connectivity index is 2.30. The third kappa shape index (κ3) is 2.91. The lowest BCUT2D eigenvalue weighted by Crippen LogP contribution is -2.28. The normalized spacial score (nSPS) is 16.9. The van der Waals surface area contributed by atoms with Gasteiger partial charge in [0.25, 0.3) is 5.56 Å². The quantitative estimate of drug-likeness (QED) is 0.924. The fourth-order valence-electron chi connectivity index (χ4n) is 3.32. The minimum Gasteiger partial charge on any atom is -0.386 e. The molecule has 1 aromatic heterocycles. The Labute approximate surface area is 135 Å². The molecule has 0 spiro atoms. The third-order valence-corrected chi connectivity index (χ3v) is 4.60. The molecule has 0 amide bonds. The molecule has 1 aliphatic heterocycles. The van der Waals surface area contributed by atoms with Crippen molar-refractivity contribution in [1.82, 2.24) is 9.55 Å². The Bertz CT molecular complexity index is 796. The van der Waals surface area contributed by atoms with E-state index in [0.717, 1.165) is 24.2 Å². The summed E-state index contributed by atoms with van der Waals surface area (Å²) >= 11 is 0. The molecule has 1 aromatic carbocycles. The molecule has 1 N–H and O–H groups in total. The summed E-state index contributed by atoms with van der Waals surface area (Å²) in [7, 11) is 1.78. The van der Waals surface area contributed by atoms with Crippen molar-refractivity contribution in [2.45, 2.75) is 45.1 Å². The first-order valence-electron chi connectivity index (χ1n) is 8.11. The number of aliphatic hydroxyl groups is 1. The molecule has 2 heterocycles. The lowest BCUT2D eigenvalue weighted by Gasteiger charge is -2.25. The van der Waals surface area contributed by atoms with Gasteiger partial charge in [-0.25, -0.2) is 4.98 Å². The standard InChI is InChI=1S/C18H24N2O3/c1-11-9-13-15(14(10-11)18(2,3)22)19-16(20(4)17(13)21)12-5-7-23-8-6-12/h9-10,12,22H,5-8H2,1-4H3. The summed E-state index contributed by atoms with van der Waals surface area (Å²) in [5, 5.41) is 11.1.